The van der Waals surface area contributed by atoms with Crippen LogP contribution in [0.3, 0.4) is 0 Å². The minimum absolute atomic E-state index is 0.0984. The molecule has 0 aromatic carbocycles. The zero-order chi connectivity index (χ0) is 11.8. The lowest BCUT2D eigenvalue weighted by Crippen LogP contribution is -2.09. The Hall–Kier alpha value is -0.880. The van der Waals surface area contributed by atoms with Crippen LogP contribution in [0, 0.1) is 0 Å². The van der Waals surface area contributed by atoms with Crippen LogP contribution in [0.2, 0.25) is 0 Å². The molecule has 6 heteroatoms. The van der Waals surface area contributed by atoms with Crippen LogP contribution in [-0.2, 0) is 0 Å². The first-order valence-corrected chi connectivity index (χ1v) is 4.37. The first-order chi connectivity index (χ1) is 7.02. The zero-order valence-corrected chi connectivity index (χ0v) is 8.10. The summed E-state index contributed by atoms with van der Waals surface area (Å²) in [6.07, 6.45) is -3.92. The van der Waals surface area contributed by atoms with E-state index < -0.39 is 30.4 Å². The highest BCUT2D eigenvalue weighted by atomic mass is 19.3. The van der Waals surface area contributed by atoms with Crippen molar-refractivity contribution in [2.45, 2.75) is 19.3 Å². The van der Waals surface area contributed by atoms with Crippen molar-refractivity contribution < 1.29 is 17.6 Å². The summed E-state index contributed by atoms with van der Waals surface area (Å²) >= 11 is 0. The number of hydrogen-bond donors (Lipinski definition) is 2. The molecule has 0 amide bonds. The van der Waals surface area contributed by atoms with E-state index in [2.05, 4.69) is 0 Å². The normalized spacial score (nSPS) is 14.1. The summed E-state index contributed by atoms with van der Waals surface area (Å²) in [5.74, 6) is 0. The molecule has 0 aromatic rings. The van der Waals surface area contributed by atoms with E-state index in [-0.39, 0.29) is 13.1 Å². The second-order valence-corrected chi connectivity index (χ2v) is 2.81. The Morgan fingerprint density at radius 1 is 0.867 bits per heavy atom. The zero-order valence-electron chi connectivity index (χ0n) is 8.10. The van der Waals surface area contributed by atoms with E-state index in [9.17, 15) is 17.6 Å². The molecular weight excluding hydrogens is 212 g/mol. The summed E-state index contributed by atoms with van der Waals surface area (Å²) in [7, 11) is 0. The van der Waals surface area contributed by atoms with Crippen LogP contribution in [0.5, 0.6) is 0 Å². The third-order valence-corrected chi connectivity index (χ3v) is 1.73. The predicted molar refractivity (Wildman–Crippen MR) is 50.9 cm³/mol. The fraction of sp³-hybridized carbons (Fsp3) is 0.556. The largest absolute Gasteiger partial charge is 0.327 e. The highest BCUT2D eigenvalue weighted by Gasteiger charge is 2.17. The third-order valence-electron chi connectivity index (χ3n) is 1.73. The number of allylic oxidation sites excluding steroid dienone is 2. The highest BCUT2D eigenvalue weighted by molar-refractivity contribution is 5.19. The number of hydrogen-bond acceptors (Lipinski definition) is 2. The van der Waals surface area contributed by atoms with Gasteiger partial charge in [-0.25, -0.2) is 17.6 Å². The average molecular weight is 226 g/mol. The molecule has 15 heavy (non-hydrogen) atoms. The molecule has 0 saturated carbocycles. The minimum atomic E-state index is -2.77. The van der Waals surface area contributed by atoms with E-state index in [1.807, 2.05) is 0 Å². The smallest absolute Gasteiger partial charge is 0.260 e. The molecule has 0 bridgehead atoms. The topological polar surface area (TPSA) is 52.0 Å². The van der Waals surface area contributed by atoms with Gasteiger partial charge in [0.05, 0.1) is 0 Å². The molecule has 0 rings (SSSR count). The quantitative estimate of drug-likeness (QED) is 0.534. The molecule has 0 aliphatic rings. The van der Waals surface area contributed by atoms with Crippen molar-refractivity contribution >= 4 is 0 Å². The molecule has 0 atom stereocenters. The summed E-state index contributed by atoms with van der Waals surface area (Å²) in [5.41, 5.74) is 9.32. The lowest BCUT2D eigenvalue weighted by atomic mass is 10.1. The van der Waals surface area contributed by atoms with Gasteiger partial charge in [-0.2, -0.15) is 0 Å². The van der Waals surface area contributed by atoms with Crippen molar-refractivity contribution in [1.82, 2.24) is 0 Å². The van der Waals surface area contributed by atoms with Crippen LogP contribution in [0.1, 0.15) is 6.42 Å². The second-order valence-electron chi connectivity index (χ2n) is 2.81. The van der Waals surface area contributed by atoms with Gasteiger partial charge < -0.3 is 11.5 Å². The molecule has 0 heterocycles. The Bertz CT molecular complexity index is 212. The lowest BCUT2D eigenvalue weighted by Gasteiger charge is -2.09. The summed E-state index contributed by atoms with van der Waals surface area (Å²) in [6, 6.07) is 0. The first kappa shape index (κ1) is 14.1. The third kappa shape index (κ3) is 5.54. The fourth-order valence-electron chi connectivity index (χ4n) is 1.02. The van der Waals surface area contributed by atoms with E-state index >= 15 is 0 Å². The molecule has 0 aliphatic heterocycles. The predicted octanol–water partition coefficient (Wildman–Crippen LogP) is 1.68. The Labute approximate surface area is 85.6 Å². The maximum atomic E-state index is 12.3. The van der Waals surface area contributed by atoms with Crippen molar-refractivity contribution in [3.05, 3.63) is 23.3 Å². The standard InChI is InChI=1S/C9H14F4N2/c10-8(11)6(1-3-14)5-7(2-4-15)9(12)13/h1-2,8-9H,3-5,14-15H2/b6-1-,7-2+. The number of halogens is 4. The van der Waals surface area contributed by atoms with Crippen molar-refractivity contribution in [1.29, 1.82) is 0 Å². The van der Waals surface area contributed by atoms with Gasteiger partial charge in [0, 0.05) is 19.5 Å². The van der Waals surface area contributed by atoms with E-state index in [1.54, 1.807) is 0 Å². The van der Waals surface area contributed by atoms with Gasteiger partial charge in [-0.3, -0.25) is 0 Å². The monoisotopic (exact) mass is 226 g/mol. The molecule has 2 nitrogen and oxygen atoms in total. The summed E-state index contributed by atoms with van der Waals surface area (Å²) in [5, 5.41) is 0. The van der Waals surface area contributed by atoms with Gasteiger partial charge in [0.15, 0.2) is 0 Å². The van der Waals surface area contributed by atoms with Crippen molar-refractivity contribution in [3.63, 3.8) is 0 Å². The SMILES string of the molecule is NC/C=C(/C/C(=C\CN)C(F)F)C(F)F. The minimum Gasteiger partial charge on any atom is -0.327 e. The number of nitrogens with two attached hydrogens (primary N) is 2. The molecule has 0 saturated heterocycles. The molecule has 0 radical (unpaired) electrons. The van der Waals surface area contributed by atoms with E-state index in [4.69, 9.17) is 11.5 Å². The highest BCUT2D eigenvalue weighted by Crippen LogP contribution is 2.22. The summed E-state index contributed by atoms with van der Waals surface area (Å²) in [6.45, 7) is -0.197. The molecule has 0 spiro atoms. The fourth-order valence-corrected chi connectivity index (χ4v) is 1.02. The van der Waals surface area contributed by atoms with Crippen LogP contribution in [0.25, 0.3) is 0 Å². The Morgan fingerprint density at radius 2 is 1.20 bits per heavy atom. The van der Waals surface area contributed by atoms with Gasteiger partial charge in [-0.05, 0) is 11.1 Å². The average Bonchev–Trinajstić information content (AvgIpc) is 2.15. The van der Waals surface area contributed by atoms with Crippen LogP contribution in [-0.4, -0.2) is 25.9 Å². The van der Waals surface area contributed by atoms with Gasteiger partial charge in [-0.15, -0.1) is 0 Å². The maximum absolute atomic E-state index is 12.3. The molecule has 4 N–H and O–H groups in total. The van der Waals surface area contributed by atoms with Gasteiger partial charge in [-0.1, -0.05) is 12.2 Å². The molecule has 0 aromatic heterocycles. The van der Waals surface area contributed by atoms with Crippen molar-refractivity contribution in [2.24, 2.45) is 11.5 Å². The summed E-state index contributed by atoms with van der Waals surface area (Å²) < 4.78 is 49.3. The Kier molecular flexibility index (Phi) is 6.98. The number of rotatable bonds is 6. The van der Waals surface area contributed by atoms with Crippen LogP contribution < -0.4 is 11.5 Å². The molecular formula is C9H14F4N2. The second kappa shape index (κ2) is 7.42. The Balaban J connectivity index is 4.63. The lowest BCUT2D eigenvalue weighted by molar-refractivity contribution is 0.170. The van der Waals surface area contributed by atoms with Crippen LogP contribution >= 0.6 is 0 Å². The number of alkyl halides is 4. The van der Waals surface area contributed by atoms with Gasteiger partial charge in [0.1, 0.15) is 0 Å². The van der Waals surface area contributed by atoms with E-state index in [0.29, 0.717) is 0 Å². The van der Waals surface area contributed by atoms with Crippen LogP contribution in [0.15, 0.2) is 23.3 Å². The first-order valence-electron chi connectivity index (χ1n) is 4.37. The van der Waals surface area contributed by atoms with Gasteiger partial charge >= 0.3 is 0 Å². The Morgan fingerprint density at radius 3 is 1.40 bits per heavy atom. The molecule has 0 unspecified atom stereocenters. The van der Waals surface area contributed by atoms with Crippen LogP contribution in [0.4, 0.5) is 17.6 Å². The maximum Gasteiger partial charge on any atom is 0.260 e. The molecule has 0 aliphatic carbocycles. The molecule has 0 fully saturated rings. The van der Waals surface area contributed by atoms with E-state index in [0.717, 1.165) is 12.2 Å². The van der Waals surface area contributed by atoms with E-state index in [1.165, 1.54) is 0 Å². The molecule has 88 valence electrons. The summed E-state index contributed by atoms with van der Waals surface area (Å²) in [4.78, 5) is 0. The van der Waals surface area contributed by atoms with Crippen molar-refractivity contribution in [3.8, 4) is 0 Å². The van der Waals surface area contributed by atoms with Gasteiger partial charge in [0.2, 0.25) is 0 Å². The van der Waals surface area contributed by atoms with Crippen molar-refractivity contribution in [2.75, 3.05) is 13.1 Å². The van der Waals surface area contributed by atoms with Gasteiger partial charge in [0.25, 0.3) is 12.9 Å².